The molecule has 15 heavy (non-hydrogen) atoms. The van der Waals surface area contributed by atoms with Crippen LogP contribution in [-0.4, -0.2) is 6.29 Å². The van der Waals surface area contributed by atoms with Crippen molar-refractivity contribution in [1.29, 1.82) is 0 Å². The van der Waals surface area contributed by atoms with Gasteiger partial charge >= 0.3 is 0 Å². The van der Waals surface area contributed by atoms with E-state index in [-0.39, 0.29) is 12.2 Å². The number of carbonyl (C=O) groups is 1. The van der Waals surface area contributed by atoms with Crippen LogP contribution < -0.4 is 0 Å². The highest BCUT2D eigenvalue weighted by Gasteiger charge is 2.29. The summed E-state index contributed by atoms with van der Waals surface area (Å²) in [4.78, 5) is 10.5. The molecule has 3 heteroatoms. The van der Waals surface area contributed by atoms with E-state index in [4.69, 9.17) is 11.6 Å². The summed E-state index contributed by atoms with van der Waals surface area (Å²) in [5.74, 6) is -0.448. The van der Waals surface area contributed by atoms with Crippen molar-refractivity contribution in [3.63, 3.8) is 0 Å². The Morgan fingerprint density at radius 1 is 1.33 bits per heavy atom. The van der Waals surface area contributed by atoms with Gasteiger partial charge in [-0.1, -0.05) is 23.7 Å². The molecule has 1 saturated carbocycles. The second-order valence-corrected chi connectivity index (χ2v) is 4.10. The molecule has 0 spiro atoms. The maximum atomic E-state index is 13.4. The summed E-state index contributed by atoms with van der Waals surface area (Å²) in [6, 6.07) is 6.91. The van der Waals surface area contributed by atoms with Gasteiger partial charge in [-0.05, 0) is 36.5 Å². The molecular formula is C12H10ClFO. The van der Waals surface area contributed by atoms with Gasteiger partial charge in [0.25, 0.3) is 0 Å². The van der Waals surface area contributed by atoms with E-state index in [1.807, 2.05) is 0 Å². The zero-order valence-electron chi connectivity index (χ0n) is 8.04. The molecule has 0 heterocycles. The Morgan fingerprint density at radius 3 is 2.40 bits per heavy atom. The number of allylic oxidation sites excluding steroid dienone is 2. The van der Waals surface area contributed by atoms with Crippen LogP contribution in [-0.2, 0) is 4.79 Å². The lowest BCUT2D eigenvalue weighted by Crippen LogP contribution is -1.91. The third kappa shape index (κ3) is 2.26. The fourth-order valence-electron chi connectivity index (χ4n) is 1.63. The Bertz CT molecular complexity index is 404. The molecular weight excluding hydrogens is 215 g/mol. The van der Waals surface area contributed by atoms with Crippen LogP contribution in [0.5, 0.6) is 0 Å². The molecule has 2 rings (SSSR count). The summed E-state index contributed by atoms with van der Waals surface area (Å²) in [5.41, 5.74) is 1.29. The molecule has 1 fully saturated rings. The number of hydrogen-bond donors (Lipinski definition) is 0. The molecule has 1 nitrogen and oxygen atoms in total. The Balaban J connectivity index is 2.41. The van der Waals surface area contributed by atoms with Gasteiger partial charge in [0, 0.05) is 10.6 Å². The lowest BCUT2D eigenvalue weighted by molar-refractivity contribution is -0.106. The minimum absolute atomic E-state index is 0.205. The summed E-state index contributed by atoms with van der Waals surface area (Å²) in [6.07, 6.45) is 2.20. The van der Waals surface area contributed by atoms with Crippen molar-refractivity contribution >= 4 is 23.5 Å². The van der Waals surface area contributed by atoms with E-state index in [0.717, 1.165) is 18.4 Å². The first-order chi connectivity index (χ1) is 7.22. The molecule has 0 amide bonds. The summed E-state index contributed by atoms with van der Waals surface area (Å²) in [7, 11) is 0. The molecule has 1 aliphatic carbocycles. The maximum Gasteiger partial charge on any atom is 0.178 e. The third-order valence-electron chi connectivity index (χ3n) is 2.50. The van der Waals surface area contributed by atoms with Crippen molar-refractivity contribution in [3.8, 4) is 0 Å². The first-order valence-corrected chi connectivity index (χ1v) is 5.21. The van der Waals surface area contributed by atoms with Crippen LogP contribution in [0.3, 0.4) is 0 Å². The predicted octanol–water partition coefficient (Wildman–Crippen LogP) is 3.63. The number of hydrogen-bond acceptors (Lipinski definition) is 1. The number of benzene rings is 1. The Kier molecular flexibility index (Phi) is 2.87. The van der Waals surface area contributed by atoms with Crippen LogP contribution in [0.15, 0.2) is 30.1 Å². The van der Waals surface area contributed by atoms with Gasteiger partial charge in [0.2, 0.25) is 0 Å². The zero-order chi connectivity index (χ0) is 10.8. The van der Waals surface area contributed by atoms with Crippen molar-refractivity contribution in [2.24, 2.45) is 5.92 Å². The van der Waals surface area contributed by atoms with E-state index in [0.29, 0.717) is 10.6 Å². The SMILES string of the molecule is O=C/C(F)=C(\c1ccc(Cl)cc1)C1CC1. The third-order valence-corrected chi connectivity index (χ3v) is 2.75. The lowest BCUT2D eigenvalue weighted by Gasteiger charge is -2.05. The first kappa shape index (κ1) is 10.4. The number of halogens is 2. The van der Waals surface area contributed by atoms with Crippen LogP contribution in [0.4, 0.5) is 4.39 Å². The highest BCUT2D eigenvalue weighted by Crippen LogP contribution is 2.43. The van der Waals surface area contributed by atoms with Crippen LogP contribution in [0.2, 0.25) is 5.02 Å². The number of aldehydes is 1. The topological polar surface area (TPSA) is 17.1 Å². The molecule has 0 saturated heterocycles. The van der Waals surface area contributed by atoms with E-state index in [1.54, 1.807) is 24.3 Å². The summed E-state index contributed by atoms with van der Waals surface area (Å²) in [6.45, 7) is 0. The monoisotopic (exact) mass is 224 g/mol. The average Bonchev–Trinajstić information content (AvgIpc) is 3.05. The molecule has 0 aromatic heterocycles. The minimum atomic E-state index is -0.653. The van der Waals surface area contributed by atoms with E-state index < -0.39 is 5.83 Å². The van der Waals surface area contributed by atoms with Crippen LogP contribution in [0.1, 0.15) is 18.4 Å². The molecule has 0 atom stereocenters. The smallest absolute Gasteiger partial charge is 0.178 e. The van der Waals surface area contributed by atoms with Crippen LogP contribution >= 0.6 is 11.6 Å². The summed E-state index contributed by atoms with van der Waals surface area (Å²) in [5, 5.41) is 0.611. The van der Waals surface area contributed by atoms with Crippen molar-refractivity contribution in [2.75, 3.05) is 0 Å². The Labute approximate surface area is 92.6 Å². The van der Waals surface area contributed by atoms with Gasteiger partial charge in [0.05, 0.1) is 0 Å². The summed E-state index contributed by atoms with van der Waals surface area (Å²) < 4.78 is 13.4. The zero-order valence-corrected chi connectivity index (χ0v) is 8.80. The second kappa shape index (κ2) is 4.15. The van der Waals surface area contributed by atoms with Crippen molar-refractivity contribution in [2.45, 2.75) is 12.8 Å². The quantitative estimate of drug-likeness (QED) is 0.566. The largest absolute Gasteiger partial charge is 0.295 e. The number of carbonyl (C=O) groups excluding carboxylic acids is 1. The van der Waals surface area contributed by atoms with Crippen molar-refractivity contribution < 1.29 is 9.18 Å². The first-order valence-electron chi connectivity index (χ1n) is 4.83. The molecule has 0 aliphatic heterocycles. The molecule has 1 aliphatic rings. The normalized spacial score (nSPS) is 17.2. The molecule has 0 unspecified atom stereocenters. The fourth-order valence-corrected chi connectivity index (χ4v) is 1.76. The van der Waals surface area contributed by atoms with E-state index in [9.17, 15) is 9.18 Å². The van der Waals surface area contributed by atoms with Gasteiger partial charge < -0.3 is 0 Å². The lowest BCUT2D eigenvalue weighted by atomic mass is 10.0. The second-order valence-electron chi connectivity index (χ2n) is 3.66. The van der Waals surface area contributed by atoms with Crippen molar-refractivity contribution in [1.82, 2.24) is 0 Å². The fraction of sp³-hybridized carbons (Fsp3) is 0.250. The molecule has 1 aromatic rings. The highest BCUT2D eigenvalue weighted by molar-refractivity contribution is 6.30. The Hall–Kier alpha value is -1.15. The van der Waals surface area contributed by atoms with Gasteiger partial charge in [-0.3, -0.25) is 4.79 Å². The summed E-state index contributed by atoms with van der Waals surface area (Å²) >= 11 is 5.75. The average molecular weight is 225 g/mol. The van der Waals surface area contributed by atoms with Gasteiger partial charge in [0.15, 0.2) is 12.1 Å². The highest BCUT2D eigenvalue weighted by atomic mass is 35.5. The number of rotatable bonds is 3. The minimum Gasteiger partial charge on any atom is -0.295 e. The standard InChI is InChI=1S/C12H10ClFO/c13-10-5-3-9(4-6-10)12(8-1-2-8)11(14)7-15/h3-8H,1-2H2/b12-11+. The van der Waals surface area contributed by atoms with E-state index >= 15 is 0 Å². The van der Waals surface area contributed by atoms with E-state index in [1.165, 1.54) is 0 Å². The molecule has 0 radical (unpaired) electrons. The van der Waals surface area contributed by atoms with Gasteiger partial charge in [-0.15, -0.1) is 0 Å². The van der Waals surface area contributed by atoms with Crippen molar-refractivity contribution in [3.05, 3.63) is 40.7 Å². The predicted molar refractivity (Wildman–Crippen MR) is 58.3 cm³/mol. The van der Waals surface area contributed by atoms with Gasteiger partial charge in [0.1, 0.15) is 0 Å². The van der Waals surface area contributed by atoms with Gasteiger partial charge in [-0.2, -0.15) is 0 Å². The van der Waals surface area contributed by atoms with Gasteiger partial charge in [-0.25, -0.2) is 4.39 Å². The maximum absolute atomic E-state index is 13.4. The molecule has 78 valence electrons. The van der Waals surface area contributed by atoms with Crippen LogP contribution in [0.25, 0.3) is 5.57 Å². The molecule has 1 aromatic carbocycles. The molecule has 0 bridgehead atoms. The molecule has 0 N–H and O–H groups in total. The van der Waals surface area contributed by atoms with Crippen LogP contribution in [0, 0.1) is 5.92 Å². The van der Waals surface area contributed by atoms with E-state index in [2.05, 4.69) is 0 Å². The Morgan fingerprint density at radius 2 is 1.93 bits per heavy atom.